The Hall–Kier alpha value is -2.82. The number of aliphatic hydroxyl groups excluding tert-OH is 1. The minimum atomic E-state index is -0.833. The van der Waals surface area contributed by atoms with Crippen molar-refractivity contribution in [3.05, 3.63) is 66.5 Å². The van der Waals surface area contributed by atoms with E-state index in [2.05, 4.69) is 13.2 Å². The molecule has 0 unspecified atom stereocenters. The molecule has 5 heteroatoms. The molecule has 0 saturated carbocycles. The van der Waals surface area contributed by atoms with Gasteiger partial charge in [0.25, 0.3) is 11.8 Å². The van der Waals surface area contributed by atoms with Crippen molar-refractivity contribution in [2.24, 2.45) is 0 Å². The summed E-state index contributed by atoms with van der Waals surface area (Å²) in [5, 5.41) is 20.7. The van der Waals surface area contributed by atoms with Gasteiger partial charge in [-0.2, -0.15) is 0 Å². The first-order valence-corrected chi connectivity index (χ1v) is 5.32. The minimum absolute atomic E-state index is 0.0441. The molecule has 0 aliphatic heterocycles. The first kappa shape index (κ1) is 14.2. The number of para-hydroxylation sites is 1. The van der Waals surface area contributed by atoms with Gasteiger partial charge >= 0.3 is 0 Å². The quantitative estimate of drug-likeness (QED) is 0.437. The highest BCUT2D eigenvalue weighted by Crippen LogP contribution is 2.15. The third-order valence-electron chi connectivity index (χ3n) is 2.22. The molecule has 1 rings (SSSR count). The summed E-state index contributed by atoms with van der Waals surface area (Å²) in [4.78, 5) is 23.5. The Labute approximate surface area is 110 Å². The van der Waals surface area contributed by atoms with Gasteiger partial charge in [-0.05, 0) is 18.2 Å². The second kappa shape index (κ2) is 6.20. The first-order valence-electron chi connectivity index (χ1n) is 5.32. The summed E-state index contributed by atoms with van der Waals surface area (Å²) in [5.41, 5.74) is -0.226. The number of hydrogen-bond acceptors (Lipinski definition) is 4. The third kappa shape index (κ3) is 3.57. The van der Waals surface area contributed by atoms with Gasteiger partial charge < -0.3 is 10.2 Å². The molecule has 1 aromatic rings. The van der Waals surface area contributed by atoms with Crippen LogP contribution in [0.1, 0.15) is 10.4 Å². The van der Waals surface area contributed by atoms with Crippen molar-refractivity contribution in [1.82, 2.24) is 5.32 Å². The van der Waals surface area contributed by atoms with Gasteiger partial charge in [0.1, 0.15) is 11.5 Å². The van der Waals surface area contributed by atoms with Crippen molar-refractivity contribution in [2.45, 2.75) is 0 Å². The fourth-order valence-electron chi connectivity index (χ4n) is 1.32. The van der Waals surface area contributed by atoms with Gasteiger partial charge in [0.15, 0.2) is 0 Å². The van der Waals surface area contributed by atoms with E-state index in [1.165, 1.54) is 24.3 Å². The van der Waals surface area contributed by atoms with Crippen LogP contribution in [0.3, 0.4) is 0 Å². The molecule has 0 aromatic heterocycles. The van der Waals surface area contributed by atoms with Crippen molar-refractivity contribution in [3.8, 4) is 5.75 Å². The summed E-state index contributed by atoms with van der Waals surface area (Å²) in [5.74, 6) is -2.34. The van der Waals surface area contributed by atoms with E-state index in [1.54, 1.807) is 12.1 Å². The largest absolute Gasteiger partial charge is 0.508 e. The molecule has 0 spiro atoms. The van der Waals surface area contributed by atoms with Crippen molar-refractivity contribution in [1.29, 1.82) is 0 Å². The molecule has 0 aliphatic rings. The van der Waals surface area contributed by atoms with Crippen molar-refractivity contribution < 1.29 is 19.8 Å². The number of hydrogen-bond donors (Lipinski definition) is 3. The fraction of sp³-hybridized carbons (Fsp3) is 0. The van der Waals surface area contributed by atoms with Gasteiger partial charge in [-0.1, -0.05) is 31.4 Å². The smallest absolute Gasteiger partial charge is 0.261 e. The van der Waals surface area contributed by atoms with Crippen molar-refractivity contribution >= 4 is 11.8 Å². The average Bonchev–Trinajstić information content (AvgIpc) is 2.35. The number of nitrogens with one attached hydrogen (secondary N) is 1. The molecular formula is C14H13NO4. The van der Waals surface area contributed by atoms with E-state index in [0.29, 0.717) is 0 Å². The number of imide groups is 1. The van der Waals surface area contributed by atoms with Crippen molar-refractivity contribution in [3.63, 3.8) is 0 Å². The standard InChI is InChI=1S/C14H13NO4/c1-3-6-10(9(2)16)13(18)15-14(19)11-7-4-5-8-12(11)17/h3-8,16-17H,1-2H2,(H,15,18,19)/b10-6+. The Morgan fingerprint density at radius 2 is 1.89 bits per heavy atom. The predicted octanol–water partition coefficient (Wildman–Crippen LogP) is 1.83. The van der Waals surface area contributed by atoms with Gasteiger partial charge in [-0.25, -0.2) is 0 Å². The zero-order chi connectivity index (χ0) is 14.4. The lowest BCUT2D eigenvalue weighted by atomic mass is 10.1. The molecule has 0 radical (unpaired) electrons. The topological polar surface area (TPSA) is 86.6 Å². The summed E-state index contributed by atoms with van der Waals surface area (Å²) < 4.78 is 0. The lowest BCUT2D eigenvalue weighted by Gasteiger charge is -2.07. The van der Waals surface area contributed by atoms with E-state index in [0.717, 1.165) is 0 Å². The van der Waals surface area contributed by atoms with Crippen molar-refractivity contribution in [2.75, 3.05) is 0 Å². The molecule has 0 atom stereocenters. The summed E-state index contributed by atoms with van der Waals surface area (Å²) >= 11 is 0. The molecule has 2 amide bonds. The van der Waals surface area contributed by atoms with Gasteiger partial charge in [0.2, 0.25) is 0 Å². The minimum Gasteiger partial charge on any atom is -0.508 e. The van der Waals surface area contributed by atoms with Crippen LogP contribution in [0.4, 0.5) is 0 Å². The molecule has 0 bridgehead atoms. The number of allylic oxidation sites excluding steroid dienone is 2. The first-order chi connectivity index (χ1) is 8.97. The Morgan fingerprint density at radius 1 is 1.26 bits per heavy atom. The van der Waals surface area contributed by atoms with Crippen LogP contribution in [-0.2, 0) is 4.79 Å². The Bertz CT molecular complexity index is 573. The lowest BCUT2D eigenvalue weighted by Crippen LogP contribution is -2.32. The molecular weight excluding hydrogens is 246 g/mol. The Morgan fingerprint density at radius 3 is 2.42 bits per heavy atom. The maximum absolute atomic E-state index is 11.8. The molecule has 98 valence electrons. The SMILES string of the molecule is C=C/C=C(\C(=C)O)C(=O)NC(=O)c1ccccc1O. The Balaban J connectivity index is 2.91. The van der Waals surface area contributed by atoms with E-state index in [1.807, 2.05) is 5.32 Å². The lowest BCUT2D eigenvalue weighted by molar-refractivity contribution is -0.116. The second-order valence-electron chi connectivity index (χ2n) is 3.56. The predicted molar refractivity (Wildman–Crippen MR) is 70.6 cm³/mol. The number of amides is 2. The average molecular weight is 259 g/mol. The number of carbonyl (C=O) groups excluding carboxylic acids is 2. The number of phenolic OH excluding ortho intramolecular Hbond substituents is 1. The van der Waals surface area contributed by atoms with Gasteiger partial charge in [-0.15, -0.1) is 0 Å². The number of benzene rings is 1. The van der Waals surface area contributed by atoms with Crippen LogP contribution >= 0.6 is 0 Å². The van der Waals surface area contributed by atoms with Gasteiger partial charge in [-0.3, -0.25) is 14.9 Å². The summed E-state index contributed by atoms with van der Waals surface area (Å²) in [6, 6.07) is 5.78. The van der Waals surface area contributed by atoms with E-state index < -0.39 is 17.6 Å². The summed E-state index contributed by atoms with van der Waals surface area (Å²) in [6.45, 7) is 6.59. The van der Waals surface area contributed by atoms with Crippen LogP contribution in [0.15, 0.2) is 60.9 Å². The molecule has 0 aliphatic carbocycles. The van der Waals surface area contributed by atoms with E-state index in [4.69, 9.17) is 0 Å². The zero-order valence-electron chi connectivity index (χ0n) is 10.1. The molecule has 19 heavy (non-hydrogen) atoms. The number of aliphatic hydroxyl groups is 1. The second-order valence-corrected chi connectivity index (χ2v) is 3.56. The maximum Gasteiger partial charge on any atom is 0.261 e. The maximum atomic E-state index is 11.8. The van der Waals surface area contributed by atoms with E-state index in [9.17, 15) is 19.8 Å². The molecule has 0 saturated heterocycles. The van der Waals surface area contributed by atoms with Crippen LogP contribution < -0.4 is 5.32 Å². The highest BCUT2D eigenvalue weighted by molar-refractivity contribution is 6.12. The van der Waals surface area contributed by atoms with E-state index in [-0.39, 0.29) is 16.9 Å². The highest BCUT2D eigenvalue weighted by Gasteiger charge is 2.17. The highest BCUT2D eigenvalue weighted by atomic mass is 16.3. The molecule has 0 fully saturated rings. The number of aromatic hydroxyl groups is 1. The van der Waals surface area contributed by atoms with E-state index >= 15 is 0 Å². The number of rotatable bonds is 4. The Kier molecular flexibility index (Phi) is 4.65. The molecule has 5 nitrogen and oxygen atoms in total. The normalized spacial score (nSPS) is 10.6. The van der Waals surface area contributed by atoms with Crippen LogP contribution in [0.5, 0.6) is 5.75 Å². The molecule has 1 aromatic carbocycles. The molecule has 0 heterocycles. The summed E-state index contributed by atoms with van der Waals surface area (Å²) in [7, 11) is 0. The van der Waals surface area contributed by atoms with Crippen LogP contribution in [0.2, 0.25) is 0 Å². The van der Waals surface area contributed by atoms with Gasteiger partial charge in [0, 0.05) is 0 Å². The zero-order valence-corrected chi connectivity index (χ0v) is 10.1. The number of carbonyl (C=O) groups is 2. The summed E-state index contributed by atoms with van der Waals surface area (Å²) in [6.07, 6.45) is 2.50. The van der Waals surface area contributed by atoms with Crippen LogP contribution in [-0.4, -0.2) is 22.0 Å². The fourth-order valence-corrected chi connectivity index (χ4v) is 1.32. The van der Waals surface area contributed by atoms with Crippen LogP contribution in [0, 0.1) is 0 Å². The van der Waals surface area contributed by atoms with Gasteiger partial charge in [0.05, 0.1) is 11.1 Å². The molecule has 3 N–H and O–H groups in total. The monoisotopic (exact) mass is 259 g/mol. The van der Waals surface area contributed by atoms with Crippen LogP contribution in [0.25, 0.3) is 0 Å². The third-order valence-corrected chi connectivity index (χ3v) is 2.22. The number of phenols is 1.